The summed E-state index contributed by atoms with van der Waals surface area (Å²) in [6.07, 6.45) is 1.86. The molecular weight excluding hydrogens is 332 g/mol. The van der Waals surface area contributed by atoms with E-state index in [1.54, 1.807) is 11.8 Å². The fourth-order valence-corrected chi connectivity index (χ4v) is 3.06. The Labute approximate surface area is 151 Å². The Hall–Kier alpha value is -2.96. The predicted molar refractivity (Wildman–Crippen MR) is 97.7 cm³/mol. The molecule has 1 atom stereocenters. The van der Waals surface area contributed by atoms with Crippen molar-refractivity contribution < 1.29 is 9.32 Å². The fraction of sp³-hybridized carbons (Fsp3) is 0.368. The summed E-state index contributed by atoms with van der Waals surface area (Å²) in [7, 11) is 0. The van der Waals surface area contributed by atoms with E-state index in [1.807, 2.05) is 44.2 Å². The molecule has 3 aromatic rings. The zero-order valence-corrected chi connectivity index (χ0v) is 15.2. The summed E-state index contributed by atoms with van der Waals surface area (Å²) in [4.78, 5) is 31.9. The van der Waals surface area contributed by atoms with Gasteiger partial charge in [0.15, 0.2) is 0 Å². The average molecular weight is 354 g/mol. The van der Waals surface area contributed by atoms with E-state index in [0.717, 1.165) is 5.56 Å². The third-order valence-corrected chi connectivity index (χ3v) is 4.51. The highest BCUT2D eigenvalue weighted by Gasteiger charge is 2.26. The Bertz CT molecular complexity index is 962. The number of amides is 1. The quantitative estimate of drug-likeness (QED) is 0.680. The SMILES string of the molecule is CC[C@@H](C(=O)N(CC)Cc1ccccc1)n1cnc2onc(C)c2c1=O. The number of aromatic nitrogens is 3. The van der Waals surface area contributed by atoms with Crippen LogP contribution in [-0.2, 0) is 11.3 Å². The van der Waals surface area contributed by atoms with Crippen LogP contribution in [0.3, 0.4) is 0 Å². The van der Waals surface area contributed by atoms with Crippen molar-refractivity contribution in [2.24, 2.45) is 0 Å². The molecule has 0 bridgehead atoms. The van der Waals surface area contributed by atoms with Crippen LogP contribution in [0.1, 0.15) is 37.6 Å². The molecule has 7 nitrogen and oxygen atoms in total. The first kappa shape index (κ1) is 17.8. The van der Waals surface area contributed by atoms with Gasteiger partial charge in [-0.25, -0.2) is 4.98 Å². The van der Waals surface area contributed by atoms with Crippen molar-refractivity contribution in [1.82, 2.24) is 19.6 Å². The number of hydrogen-bond donors (Lipinski definition) is 0. The van der Waals surface area contributed by atoms with E-state index >= 15 is 0 Å². The van der Waals surface area contributed by atoms with Gasteiger partial charge in [0, 0.05) is 13.1 Å². The van der Waals surface area contributed by atoms with E-state index in [0.29, 0.717) is 30.6 Å². The number of nitrogens with zero attached hydrogens (tertiary/aromatic N) is 4. The zero-order chi connectivity index (χ0) is 18.7. The molecule has 1 amide bonds. The molecule has 0 aliphatic heterocycles. The number of rotatable bonds is 6. The van der Waals surface area contributed by atoms with Gasteiger partial charge in [-0.3, -0.25) is 14.2 Å². The van der Waals surface area contributed by atoms with Gasteiger partial charge in [0.2, 0.25) is 5.91 Å². The Morgan fingerprint density at radius 1 is 1.27 bits per heavy atom. The first-order valence-corrected chi connectivity index (χ1v) is 8.72. The van der Waals surface area contributed by atoms with Crippen LogP contribution in [0.15, 0.2) is 46.0 Å². The topological polar surface area (TPSA) is 81.2 Å². The second-order valence-corrected chi connectivity index (χ2v) is 6.17. The van der Waals surface area contributed by atoms with Crippen LogP contribution in [0.25, 0.3) is 11.1 Å². The van der Waals surface area contributed by atoms with E-state index in [9.17, 15) is 9.59 Å². The molecule has 0 radical (unpaired) electrons. The van der Waals surface area contributed by atoms with Crippen LogP contribution in [0.5, 0.6) is 0 Å². The fourth-order valence-electron chi connectivity index (χ4n) is 3.06. The number of carbonyl (C=O) groups is 1. The van der Waals surface area contributed by atoms with E-state index < -0.39 is 6.04 Å². The van der Waals surface area contributed by atoms with Gasteiger partial charge in [-0.1, -0.05) is 42.4 Å². The molecule has 0 saturated carbocycles. The lowest BCUT2D eigenvalue weighted by Crippen LogP contribution is -2.40. The van der Waals surface area contributed by atoms with Crippen LogP contribution in [0.2, 0.25) is 0 Å². The van der Waals surface area contributed by atoms with Crippen LogP contribution in [0, 0.1) is 6.92 Å². The van der Waals surface area contributed by atoms with Crippen molar-refractivity contribution in [3.8, 4) is 0 Å². The Morgan fingerprint density at radius 3 is 2.65 bits per heavy atom. The van der Waals surface area contributed by atoms with E-state index in [4.69, 9.17) is 4.52 Å². The van der Waals surface area contributed by atoms with Gasteiger partial charge < -0.3 is 9.42 Å². The maximum absolute atomic E-state index is 13.1. The molecule has 0 aliphatic carbocycles. The highest BCUT2D eigenvalue weighted by molar-refractivity contribution is 5.81. The Morgan fingerprint density at radius 2 is 2.00 bits per heavy atom. The average Bonchev–Trinajstić information content (AvgIpc) is 3.04. The summed E-state index contributed by atoms with van der Waals surface area (Å²) in [5.41, 5.74) is 1.42. The zero-order valence-electron chi connectivity index (χ0n) is 15.2. The largest absolute Gasteiger partial charge is 0.337 e. The Kier molecular flexibility index (Phi) is 5.16. The minimum atomic E-state index is -0.614. The first-order chi connectivity index (χ1) is 12.6. The molecule has 0 aliphatic rings. The lowest BCUT2D eigenvalue weighted by atomic mass is 10.1. The van der Waals surface area contributed by atoms with Gasteiger partial charge in [-0.05, 0) is 25.8 Å². The second kappa shape index (κ2) is 7.51. The number of carbonyl (C=O) groups excluding carboxylic acids is 1. The Balaban J connectivity index is 1.94. The maximum Gasteiger partial charge on any atom is 0.267 e. The van der Waals surface area contributed by atoms with Crippen LogP contribution in [-0.4, -0.2) is 32.1 Å². The molecule has 0 fully saturated rings. The van der Waals surface area contributed by atoms with Gasteiger partial charge in [-0.15, -0.1) is 0 Å². The number of hydrogen-bond acceptors (Lipinski definition) is 5. The second-order valence-electron chi connectivity index (χ2n) is 6.17. The van der Waals surface area contributed by atoms with Gasteiger partial charge in [0.05, 0.1) is 5.69 Å². The van der Waals surface area contributed by atoms with Crippen molar-refractivity contribution in [1.29, 1.82) is 0 Å². The number of likely N-dealkylation sites (N-methyl/N-ethyl adjacent to an activating group) is 1. The minimum Gasteiger partial charge on any atom is -0.337 e. The molecule has 0 N–H and O–H groups in total. The maximum atomic E-state index is 13.1. The standard InChI is InChI=1S/C19H22N4O3/c1-4-15(18(24)22(5-2)11-14-9-7-6-8-10-14)23-12-20-17-16(19(23)25)13(3)21-26-17/h6-10,12,15H,4-5,11H2,1-3H3/t15-/m0/s1. The van der Waals surface area contributed by atoms with Gasteiger partial charge >= 0.3 is 0 Å². The molecule has 26 heavy (non-hydrogen) atoms. The normalized spacial score (nSPS) is 12.3. The van der Waals surface area contributed by atoms with Gasteiger partial charge in [-0.2, -0.15) is 0 Å². The molecule has 136 valence electrons. The minimum absolute atomic E-state index is 0.101. The molecule has 0 saturated heterocycles. The lowest BCUT2D eigenvalue weighted by molar-refractivity contribution is -0.135. The smallest absolute Gasteiger partial charge is 0.267 e. The van der Waals surface area contributed by atoms with Gasteiger partial charge in [0.25, 0.3) is 11.3 Å². The van der Waals surface area contributed by atoms with Crippen molar-refractivity contribution in [3.63, 3.8) is 0 Å². The summed E-state index contributed by atoms with van der Waals surface area (Å²) in [5, 5.41) is 4.11. The van der Waals surface area contributed by atoms with Crippen molar-refractivity contribution in [3.05, 3.63) is 58.3 Å². The molecule has 7 heteroatoms. The van der Waals surface area contributed by atoms with E-state index in [2.05, 4.69) is 10.1 Å². The lowest BCUT2D eigenvalue weighted by Gasteiger charge is -2.26. The highest BCUT2D eigenvalue weighted by atomic mass is 16.5. The van der Waals surface area contributed by atoms with Crippen molar-refractivity contribution >= 4 is 17.0 Å². The van der Waals surface area contributed by atoms with Crippen molar-refractivity contribution in [2.45, 2.75) is 39.8 Å². The van der Waals surface area contributed by atoms with E-state index in [-0.39, 0.29) is 17.2 Å². The molecule has 1 aromatic carbocycles. The van der Waals surface area contributed by atoms with Crippen LogP contribution >= 0.6 is 0 Å². The summed E-state index contributed by atoms with van der Waals surface area (Å²) < 4.78 is 6.43. The monoisotopic (exact) mass is 354 g/mol. The summed E-state index contributed by atoms with van der Waals surface area (Å²) in [5.74, 6) is -0.101. The van der Waals surface area contributed by atoms with Gasteiger partial charge in [0.1, 0.15) is 17.8 Å². The summed E-state index contributed by atoms with van der Waals surface area (Å²) >= 11 is 0. The number of benzene rings is 1. The molecule has 0 unspecified atom stereocenters. The molecular formula is C19H22N4O3. The van der Waals surface area contributed by atoms with E-state index in [1.165, 1.54) is 10.9 Å². The first-order valence-electron chi connectivity index (χ1n) is 8.72. The molecule has 2 heterocycles. The third kappa shape index (κ3) is 3.24. The van der Waals surface area contributed by atoms with Crippen LogP contribution in [0.4, 0.5) is 0 Å². The summed E-state index contributed by atoms with van der Waals surface area (Å²) in [6.45, 7) is 6.57. The summed E-state index contributed by atoms with van der Waals surface area (Å²) in [6, 6.07) is 9.19. The van der Waals surface area contributed by atoms with Crippen molar-refractivity contribution in [2.75, 3.05) is 6.54 Å². The highest BCUT2D eigenvalue weighted by Crippen LogP contribution is 2.18. The predicted octanol–water partition coefficient (Wildman–Crippen LogP) is 2.69. The molecule has 3 rings (SSSR count). The third-order valence-electron chi connectivity index (χ3n) is 4.51. The number of aryl methyl sites for hydroxylation is 1. The van der Waals surface area contributed by atoms with Crippen LogP contribution < -0.4 is 5.56 Å². The molecule has 0 spiro atoms. The molecule has 2 aromatic heterocycles. The number of fused-ring (bicyclic) bond motifs is 1.